The van der Waals surface area contributed by atoms with Crippen LogP contribution in [0.3, 0.4) is 0 Å². The van der Waals surface area contributed by atoms with Crippen LogP contribution in [0.4, 0.5) is 0 Å². The van der Waals surface area contributed by atoms with Gasteiger partial charge < -0.3 is 35.4 Å². The first-order chi connectivity index (χ1) is 18.7. The van der Waals surface area contributed by atoms with E-state index in [-0.39, 0.29) is 0 Å². The lowest BCUT2D eigenvalue weighted by Gasteiger charge is -2.52. The van der Waals surface area contributed by atoms with E-state index in [1.54, 1.807) is 0 Å². The topological polar surface area (TPSA) is 73.8 Å². The first-order valence-corrected chi connectivity index (χ1v) is 24.8. The average Bonchev–Trinajstić information content (AvgIpc) is 2.86. The van der Waals surface area contributed by atoms with Crippen molar-refractivity contribution in [2.45, 2.75) is 107 Å². The maximum atomic E-state index is 7.36. The fourth-order valence-electron chi connectivity index (χ4n) is 4.46. The van der Waals surface area contributed by atoms with Crippen molar-refractivity contribution in [1.82, 2.24) is 0 Å². The van der Waals surface area contributed by atoms with Crippen molar-refractivity contribution >= 4 is 34.2 Å². The number of ether oxygens (including phenoxy) is 4. The van der Waals surface area contributed by atoms with E-state index in [9.17, 15) is 0 Å². The predicted molar refractivity (Wildman–Crippen MR) is 172 cm³/mol. The average molecular weight is 641 g/mol. The summed E-state index contributed by atoms with van der Waals surface area (Å²) >= 11 is 0. The lowest BCUT2D eigenvalue weighted by molar-refractivity contribution is 0.0709. The summed E-state index contributed by atoms with van der Waals surface area (Å²) in [6, 6.07) is 3.00. The van der Waals surface area contributed by atoms with Crippen molar-refractivity contribution in [3.8, 4) is 0 Å². The summed E-state index contributed by atoms with van der Waals surface area (Å²) in [5.41, 5.74) is 0. The fourth-order valence-corrected chi connectivity index (χ4v) is 26.5. The molecule has 0 aromatic heterocycles. The maximum absolute atomic E-state index is 7.36. The Labute approximate surface area is 251 Å². The Hall–Kier alpha value is 0.548. The fraction of sp³-hybridized carbons (Fsp3) is 1.00. The SMILES string of the molecule is CC[Si]1(COCC(C)C)O[Si](CC)(COCC(C)C)O[Si](CC)(COCC(C)C)O[Si](CC)(COCC(C)C)O1. The Morgan fingerprint density at radius 3 is 0.675 bits per heavy atom. The van der Waals surface area contributed by atoms with Crippen LogP contribution >= 0.6 is 0 Å². The van der Waals surface area contributed by atoms with Gasteiger partial charge in [-0.1, -0.05) is 83.1 Å². The summed E-state index contributed by atoms with van der Waals surface area (Å²) in [5.74, 6) is 1.69. The van der Waals surface area contributed by atoms with Gasteiger partial charge in [0.25, 0.3) is 0 Å². The highest BCUT2D eigenvalue weighted by atomic mass is 28.5. The van der Waals surface area contributed by atoms with E-state index in [2.05, 4.69) is 83.1 Å². The molecule has 1 heterocycles. The highest BCUT2D eigenvalue weighted by Gasteiger charge is 2.61. The highest BCUT2D eigenvalue weighted by molar-refractivity contribution is 6.95. The third kappa shape index (κ3) is 13.0. The van der Waals surface area contributed by atoms with Gasteiger partial charge in [0.15, 0.2) is 0 Å². The van der Waals surface area contributed by atoms with E-state index in [0.717, 1.165) is 24.2 Å². The van der Waals surface area contributed by atoms with E-state index < -0.39 is 34.2 Å². The van der Waals surface area contributed by atoms with Crippen molar-refractivity contribution in [3.63, 3.8) is 0 Å². The van der Waals surface area contributed by atoms with E-state index in [1.165, 1.54) is 0 Å². The summed E-state index contributed by atoms with van der Waals surface area (Å²) in [5, 5.41) is 0. The molecule has 0 aliphatic carbocycles. The summed E-state index contributed by atoms with van der Waals surface area (Å²) in [7, 11) is -11.7. The van der Waals surface area contributed by atoms with Crippen LogP contribution in [0, 0.1) is 23.7 Å². The normalized spacial score (nSPS) is 30.0. The van der Waals surface area contributed by atoms with Gasteiger partial charge in [0.1, 0.15) is 0 Å². The molecule has 0 amide bonds. The molecule has 0 radical (unpaired) electrons. The Morgan fingerprint density at radius 2 is 0.550 bits per heavy atom. The monoisotopic (exact) mass is 640 g/mol. The summed E-state index contributed by atoms with van der Waals surface area (Å²) in [6.45, 7) is 28.6. The molecule has 1 aliphatic rings. The van der Waals surface area contributed by atoms with Crippen molar-refractivity contribution in [1.29, 1.82) is 0 Å². The molecule has 1 rings (SSSR count). The standard InChI is InChI=1S/C28H64O8Si4/c1-13-37(21-29-17-25(5)6)33-38(14-2,22-30-18-26(7)8)35-40(16-4,24-32-20-28(11)12)36-39(15-3,34-37)23-31-19-27(9)10/h25-28H,13-24H2,1-12H3. The van der Waals surface area contributed by atoms with Crippen molar-refractivity contribution in [3.05, 3.63) is 0 Å². The minimum absolute atomic E-state index is 0.423. The van der Waals surface area contributed by atoms with Crippen LogP contribution in [0.5, 0.6) is 0 Å². The molecule has 1 saturated heterocycles. The van der Waals surface area contributed by atoms with Crippen LogP contribution < -0.4 is 0 Å². The summed E-state index contributed by atoms with van der Waals surface area (Å²) < 4.78 is 54.7. The Morgan fingerprint density at radius 1 is 0.375 bits per heavy atom. The first kappa shape index (κ1) is 38.6. The highest BCUT2D eigenvalue weighted by Crippen LogP contribution is 2.38. The molecule has 0 aromatic rings. The lowest BCUT2D eigenvalue weighted by Crippen LogP contribution is -2.74. The largest absolute Gasteiger partial charge is 0.413 e. The van der Waals surface area contributed by atoms with E-state index in [4.69, 9.17) is 35.4 Å². The zero-order valence-electron chi connectivity index (χ0n) is 28.1. The van der Waals surface area contributed by atoms with Gasteiger partial charge >= 0.3 is 34.2 Å². The summed E-state index contributed by atoms with van der Waals surface area (Å²) in [4.78, 5) is 0. The molecule has 8 nitrogen and oxygen atoms in total. The lowest BCUT2D eigenvalue weighted by atomic mass is 10.2. The molecule has 0 saturated carbocycles. The zero-order valence-corrected chi connectivity index (χ0v) is 32.1. The maximum Gasteiger partial charge on any atom is 0.347 e. The van der Waals surface area contributed by atoms with Gasteiger partial charge in [-0.05, 0) is 47.8 Å². The van der Waals surface area contributed by atoms with Crippen molar-refractivity contribution < 1.29 is 35.4 Å². The molecule has 0 atom stereocenters. The third-order valence-corrected chi connectivity index (χ3v) is 25.5. The molecule has 0 spiro atoms. The Balaban J connectivity index is 3.63. The molecule has 1 fully saturated rings. The van der Waals surface area contributed by atoms with Crippen LogP contribution in [-0.2, 0) is 35.4 Å². The second-order valence-corrected chi connectivity index (χ2v) is 27.6. The van der Waals surface area contributed by atoms with Gasteiger partial charge in [0.2, 0.25) is 0 Å². The van der Waals surface area contributed by atoms with E-state index >= 15 is 0 Å². The number of hydrogen-bond donors (Lipinski definition) is 0. The van der Waals surface area contributed by atoms with Crippen LogP contribution in [0.1, 0.15) is 83.1 Å². The minimum atomic E-state index is -2.92. The molecule has 0 N–H and O–H groups in total. The molecule has 0 unspecified atom stereocenters. The van der Waals surface area contributed by atoms with E-state index in [1.807, 2.05) is 0 Å². The number of hydrogen-bond acceptors (Lipinski definition) is 8. The quantitative estimate of drug-likeness (QED) is 0.135. The zero-order chi connectivity index (χ0) is 30.5. The molecule has 0 aromatic carbocycles. The molecule has 12 heteroatoms. The minimum Gasteiger partial charge on any atom is -0.413 e. The first-order valence-electron chi connectivity index (χ1n) is 15.9. The molecular weight excluding hydrogens is 577 g/mol. The molecule has 40 heavy (non-hydrogen) atoms. The van der Waals surface area contributed by atoms with E-state index in [0.29, 0.717) is 75.0 Å². The molecule has 240 valence electrons. The van der Waals surface area contributed by atoms with Gasteiger partial charge in [0.05, 0.1) is 24.9 Å². The van der Waals surface area contributed by atoms with Crippen LogP contribution in [-0.4, -0.2) is 85.6 Å². The van der Waals surface area contributed by atoms with Crippen LogP contribution in [0.15, 0.2) is 0 Å². The predicted octanol–water partition coefficient (Wildman–Crippen LogP) is 6.76. The second-order valence-electron chi connectivity index (χ2n) is 13.1. The molecule has 0 bridgehead atoms. The smallest absolute Gasteiger partial charge is 0.347 e. The van der Waals surface area contributed by atoms with Crippen LogP contribution in [0.25, 0.3) is 0 Å². The third-order valence-electron chi connectivity index (χ3n) is 6.74. The number of rotatable bonds is 20. The van der Waals surface area contributed by atoms with Crippen molar-refractivity contribution in [2.75, 3.05) is 51.3 Å². The Kier molecular flexibility index (Phi) is 17.7. The molecule has 1 aliphatic heterocycles. The van der Waals surface area contributed by atoms with Gasteiger partial charge in [0, 0.05) is 26.4 Å². The van der Waals surface area contributed by atoms with Gasteiger partial charge in [-0.3, -0.25) is 0 Å². The van der Waals surface area contributed by atoms with Crippen LogP contribution in [0.2, 0.25) is 24.2 Å². The summed E-state index contributed by atoms with van der Waals surface area (Å²) in [6.07, 6.45) is 1.82. The van der Waals surface area contributed by atoms with Gasteiger partial charge in [-0.15, -0.1) is 0 Å². The molecular formula is C28H64O8Si4. The Bertz CT molecular complexity index is 561. The van der Waals surface area contributed by atoms with Gasteiger partial charge in [-0.25, -0.2) is 0 Å². The van der Waals surface area contributed by atoms with Crippen molar-refractivity contribution in [2.24, 2.45) is 23.7 Å². The second kappa shape index (κ2) is 18.4. The van der Waals surface area contributed by atoms with Gasteiger partial charge in [-0.2, -0.15) is 0 Å².